The second-order valence-corrected chi connectivity index (χ2v) is 9.41. The zero-order valence-corrected chi connectivity index (χ0v) is 15.0. The minimum Gasteiger partial charge on any atom is -0.481 e. The van der Waals surface area contributed by atoms with Crippen LogP contribution < -0.4 is 0 Å². The lowest BCUT2D eigenvalue weighted by Gasteiger charge is -2.49. The van der Waals surface area contributed by atoms with Crippen LogP contribution in [0, 0.1) is 34.0 Å². The van der Waals surface area contributed by atoms with E-state index < -0.39 is 45.6 Å². The molecule has 0 aromatic heterocycles. The van der Waals surface area contributed by atoms with E-state index in [4.69, 9.17) is 0 Å². The van der Waals surface area contributed by atoms with Crippen LogP contribution in [0.3, 0.4) is 0 Å². The van der Waals surface area contributed by atoms with E-state index in [1.165, 1.54) is 0 Å². The van der Waals surface area contributed by atoms with E-state index in [2.05, 4.69) is 6.58 Å². The van der Waals surface area contributed by atoms with Gasteiger partial charge in [0.25, 0.3) is 0 Å². The van der Waals surface area contributed by atoms with Crippen molar-refractivity contribution in [3.8, 4) is 0 Å². The quantitative estimate of drug-likeness (QED) is 0.524. The number of aliphatic hydroxyl groups is 1. The Bertz CT molecular complexity index is 730. The molecule has 0 aromatic rings. The number of carboxylic acids is 2. The molecule has 6 heteroatoms. The molecule has 0 saturated heterocycles. The van der Waals surface area contributed by atoms with Gasteiger partial charge in [-0.05, 0) is 62.4 Å². The van der Waals surface area contributed by atoms with E-state index >= 15 is 0 Å². The number of carboxylic acid groups (broad SMARTS) is 2. The lowest BCUT2D eigenvalue weighted by atomic mass is 9.53. The van der Waals surface area contributed by atoms with E-state index in [1.807, 2.05) is 0 Å². The zero-order chi connectivity index (χ0) is 19.1. The van der Waals surface area contributed by atoms with Crippen LogP contribution in [0.4, 0.5) is 0 Å². The molecule has 6 nitrogen and oxygen atoms in total. The van der Waals surface area contributed by atoms with Gasteiger partial charge in [0.1, 0.15) is 6.29 Å². The summed E-state index contributed by atoms with van der Waals surface area (Å²) in [5.74, 6) is -3.99. The summed E-state index contributed by atoms with van der Waals surface area (Å²) >= 11 is 0. The van der Waals surface area contributed by atoms with Crippen molar-refractivity contribution in [3.63, 3.8) is 0 Å². The maximum atomic E-state index is 12.5. The number of carbonyl (C=O) groups is 3. The van der Waals surface area contributed by atoms with E-state index in [0.717, 1.165) is 6.29 Å². The predicted molar refractivity (Wildman–Crippen MR) is 91.2 cm³/mol. The van der Waals surface area contributed by atoms with Gasteiger partial charge in [0, 0.05) is 11.3 Å². The first-order chi connectivity index (χ1) is 12.1. The monoisotopic (exact) mass is 362 g/mol. The molecule has 0 heterocycles. The second kappa shape index (κ2) is 4.97. The Morgan fingerprint density at radius 3 is 2.50 bits per heavy atom. The van der Waals surface area contributed by atoms with Gasteiger partial charge in [-0.2, -0.15) is 0 Å². The van der Waals surface area contributed by atoms with E-state index in [9.17, 15) is 29.7 Å². The summed E-state index contributed by atoms with van der Waals surface area (Å²) < 4.78 is 0. The third kappa shape index (κ3) is 1.74. The summed E-state index contributed by atoms with van der Waals surface area (Å²) in [4.78, 5) is 37.1. The number of aldehydes is 1. The predicted octanol–water partition coefficient (Wildman–Crippen LogP) is 2.25. The Labute approximate surface area is 152 Å². The Hall–Kier alpha value is -1.69. The third-order valence-electron chi connectivity index (χ3n) is 8.51. The maximum Gasteiger partial charge on any atom is 0.309 e. The molecule has 4 fully saturated rings. The Kier molecular flexibility index (Phi) is 3.39. The van der Waals surface area contributed by atoms with Gasteiger partial charge >= 0.3 is 11.9 Å². The van der Waals surface area contributed by atoms with Gasteiger partial charge in [0.05, 0.1) is 16.9 Å². The molecule has 4 aliphatic carbocycles. The minimum atomic E-state index is -1.25. The van der Waals surface area contributed by atoms with E-state index in [0.29, 0.717) is 44.1 Å². The molecule has 0 aliphatic heterocycles. The standard InChI is InChI=1S/C20H26O6/c1-11-8-19-9-20(11,26)7-4-12(19)18(10-21)6-3-5-17(2,16(24)25)14(18)13(19)15(22)23/h10,12-14,26H,1,3-9H2,2H3,(H,22,23)(H,24,25). The number of rotatable bonds is 3. The molecule has 7 atom stereocenters. The van der Waals surface area contributed by atoms with Crippen molar-refractivity contribution in [1.29, 1.82) is 0 Å². The molecule has 2 bridgehead atoms. The summed E-state index contributed by atoms with van der Waals surface area (Å²) in [6.45, 7) is 5.62. The highest BCUT2D eigenvalue weighted by Gasteiger charge is 2.78. The van der Waals surface area contributed by atoms with Gasteiger partial charge in [-0.25, -0.2) is 0 Å². The van der Waals surface area contributed by atoms with Crippen LogP contribution in [-0.4, -0.2) is 39.1 Å². The number of carbonyl (C=O) groups excluding carboxylic acids is 1. The van der Waals surface area contributed by atoms with Crippen molar-refractivity contribution >= 4 is 18.2 Å². The highest BCUT2D eigenvalue weighted by atomic mass is 16.4. The van der Waals surface area contributed by atoms with Crippen LogP contribution in [0.5, 0.6) is 0 Å². The summed E-state index contributed by atoms with van der Waals surface area (Å²) in [7, 11) is 0. The smallest absolute Gasteiger partial charge is 0.309 e. The van der Waals surface area contributed by atoms with Gasteiger partial charge in [-0.1, -0.05) is 13.0 Å². The summed E-state index contributed by atoms with van der Waals surface area (Å²) in [5, 5.41) is 31.1. The van der Waals surface area contributed by atoms with Crippen LogP contribution in [0.15, 0.2) is 12.2 Å². The summed E-state index contributed by atoms with van der Waals surface area (Å²) in [6, 6.07) is 0. The average Bonchev–Trinajstić information content (AvgIpc) is 2.92. The Morgan fingerprint density at radius 2 is 1.92 bits per heavy atom. The van der Waals surface area contributed by atoms with Gasteiger partial charge in [-0.3, -0.25) is 9.59 Å². The normalized spacial score (nSPS) is 52.2. The fourth-order valence-corrected chi connectivity index (χ4v) is 7.63. The van der Waals surface area contributed by atoms with Crippen molar-refractivity contribution < 1.29 is 29.7 Å². The molecule has 26 heavy (non-hydrogen) atoms. The van der Waals surface area contributed by atoms with Crippen LogP contribution >= 0.6 is 0 Å². The topological polar surface area (TPSA) is 112 Å². The summed E-state index contributed by atoms with van der Waals surface area (Å²) in [5.41, 5.74) is -3.41. The van der Waals surface area contributed by atoms with Crippen molar-refractivity contribution in [2.75, 3.05) is 0 Å². The molecule has 3 N–H and O–H groups in total. The van der Waals surface area contributed by atoms with Crippen molar-refractivity contribution in [3.05, 3.63) is 12.2 Å². The molecule has 0 radical (unpaired) electrons. The van der Waals surface area contributed by atoms with Crippen molar-refractivity contribution in [2.45, 2.75) is 57.5 Å². The number of aliphatic carboxylic acids is 2. The lowest BCUT2D eigenvalue weighted by molar-refractivity contribution is -0.167. The lowest BCUT2D eigenvalue weighted by Crippen LogP contribution is -2.52. The van der Waals surface area contributed by atoms with Crippen LogP contribution in [0.25, 0.3) is 0 Å². The first-order valence-corrected chi connectivity index (χ1v) is 9.41. The van der Waals surface area contributed by atoms with Crippen LogP contribution in [0.1, 0.15) is 51.9 Å². The number of hydrogen-bond acceptors (Lipinski definition) is 4. The van der Waals surface area contributed by atoms with Gasteiger partial charge in [0.2, 0.25) is 0 Å². The second-order valence-electron chi connectivity index (χ2n) is 9.41. The fraction of sp³-hybridized carbons (Fsp3) is 0.750. The number of hydrogen-bond donors (Lipinski definition) is 3. The molecule has 0 amide bonds. The van der Waals surface area contributed by atoms with Gasteiger partial charge in [-0.15, -0.1) is 0 Å². The van der Waals surface area contributed by atoms with Gasteiger partial charge in [0.15, 0.2) is 0 Å². The maximum absolute atomic E-state index is 12.5. The van der Waals surface area contributed by atoms with Crippen molar-refractivity contribution in [2.24, 2.45) is 34.0 Å². The molecule has 142 valence electrons. The SMILES string of the molecule is C=C1CC23CC1(O)CCC2C1(C=O)CCCC(C)(C(=O)O)C1C3C(=O)O. The molecular weight excluding hydrogens is 336 g/mol. The number of fused-ring (bicyclic) bond motifs is 3. The molecule has 4 aliphatic rings. The van der Waals surface area contributed by atoms with Crippen LogP contribution in [-0.2, 0) is 14.4 Å². The van der Waals surface area contributed by atoms with Crippen LogP contribution in [0.2, 0.25) is 0 Å². The molecule has 4 saturated carbocycles. The fourth-order valence-electron chi connectivity index (χ4n) is 7.63. The van der Waals surface area contributed by atoms with E-state index in [-0.39, 0.29) is 12.3 Å². The zero-order valence-electron chi connectivity index (χ0n) is 15.0. The Balaban J connectivity index is 1.98. The molecule has 7 unspecified atom stereocenters. The molecular formula is C20H26O6. The molecule has 1 spiro atoms. The van der Waals surface area contributed by atoms with E-state index in [1.54, 1.807) is 6.92 Å². The summed E-state index contributed by atoms with van der Waals surface area (Å²) in [6.07, 6.45) is 4.04. The van der Waals surface area contributed by atoms with Crippen molar-refractivity contribution in [1.82, 2.24) is 0 Å². The minimum absolute atomic E-state index is 0.211. The average molecular weight is 362 g/mol. The first kappa shape index (κ1) is 17.7. The molecule has 4 rings (SSSR count). The Morgan fingerprint density at radius 1 is 1.23 bits per heavy atom. The van der Waals surface area contributed by atoms with Gasteiger partial charge < -0.3 is 20.1 Å². The molecule has 0 aromatic carbocycles. The first-order valence-electron chi connectivity index (χ1n) is 9.41. The highest BCUT2D eigenvalue weighted by molar-refractivity contribution is 5.82. The third-order valence-corrected chi connectivity index (χ3v) is 8.51. The highest BCUT2D eigenvalue weighted by Crippen LogP contribution is 2.77. The largest absolute Gasteiger partial charge is 0.481 e.